The number of carbonyl (C=O) groups excluding carboxylic acids is 1. The zero-order valence-electron chi connectivity index (χ0n) is 21.1. The molecule has 4 rings (SSSR count). The molecule has 1 amide bonds. The molecule has 0 unspecified atom stereocenters. The number of rotatable bonds is 12. The van der Waals surface area contributed by atoms with Crippen LogP contribution < -0.4 is 15.4 Å². The van der Waals surface area contributed by atoms with Crippen molar-refractivity contribution in [3.8, 4) is 11.5 Å². The van der Waals surface area contributed by atoms with Crippen molar-refractivity contribution < 1.29 is 9.53 Å². The van der Waals surface area contributed by atoms with E-state index in [1.807, 2.05) is 66.4 Å². The summed E-state index contributed by atoms with van der Waals surface area (Å²) in [6.07, 6.45) is 13.5. The van der Waals surface area contributed by atoms with Crippen molar-refractivity contribution in [3.63, 3.8) is 0 Å². The van der Waals surface area contributed by atoms with Gasteiger partial charge in [0.2, 0.25) is 5.91 Å². The van der Waals surface area contributed by atoms with E-state index < -0.39 is 0 Å². The van der Waals surface area contributed by atoms with E-state index in [0.717, 1.165) is 41.2 Å². The van der Waals surface area contributed by atoms with Gasteiger partial charge in [-0.2, -0.15) is 11.8 Å². The summed E-state index contributed by atoms with van der Waals surface area (Å²) < 4.78 is 5.88. The molecule has 0 radical (unpaired) electrons. The quantitative estimate of drug-likeness (QED) is 0.335. The second-order valence-corrected chi connectivity index (χ2v) is 11.4. The van der Waals surface area contributed by atoms with Gasteiger partial charge in [0.05, 0.1) is 6.04 Å². The van der Waals surface area contributed by atoms with E-state index in [2.05, 4.69) is 10.6 Å². The summed E-state index contributed by atoms with van der Waals surface area (Å²) in [5.41, 5.74) is 1.08. The molecule has 5 heteroatoms. The van der Waals surface area contributed by atoms with Crippen molar-refractivity contribution >= 4 is 17.7 Å². The highest BCUT2D eigenvalue weighted by molar-refractivity contribution is 7.99. The summed E-state index contributed by atoms with van der Waals surface area (Å²) in [6.45, 7) is 1.51. The van der Waals surface area contributed by atoms with E-state index in [1.54, 1.807) is 0 Å². The first-order valence-electron chi connectivity index (χ1n) is 13.7. The SMILES string of the molecule is O=C(NCc1ccc(Oc2ccccc2)cc1)[C@H](CSCC1CCCCC1)NCC1CCCCC1. The number of ether oxygens (including phenoxy) is 1. The first-order valence-corrected chi connectivity index (χ1v) is 14.8. The topological polar surface area (TPSA) is 50.4 Å². The van der Waals surface area contributed by atoms with Gasteiger partial charge >= 0.3 is 0 Å². The molecule has 4 nitrogen and oxygen atoms in total. The molecule has 0 bridgehead atoms. The third-order valence-electron chi connectivity index (χ3n) is 7.43. The first kappa shape index (κ1) is 26.1. The number of hydrogen-bond acceptors (Lipinski definition) is 4. The Hall–Kier alpha value is -1.98. The van der Waals surface area contributed by atoms with Gasteiger partial charge in [0.15, 0.2) is 0 Å². The minimum absolute atomic E-state index is 0.119. The van der Waals surface area contributed by atoms with E-state index in [0.29, 0.717) is 6.54 Å². The lowest BCUT2D eigenvalue weighted by Gasteiger charge is -2.26. The molecule has 2 aliphatic carbocycles. The highest BCUT2D eigenvalue weighted by atomic mass is 32.2. The van der Waals surface area contributed by atoms with E-state index in [1.165, 1.54) is 70.0 Å². The van der Waals surface area contributed by atoms with Crippen molar-refractivity contribution in [1.29, 1.82) is 0 Å². The third kappa shape index (κ3) is 9.20. The van der Waals surface area contributed by atoms with Crippen LogP contribution in [0, 0.1) is 11.8 Å². The van der Waals surface area contributed by atoms with Gasteiger partial charge in [-0.25, -0.2) is 0 Å². The molecule has 1 atom stereocenters. The van der Waals surface area contributed by atoms with Crippen LogP contribution in [0.5, 0.6) is 11.5 Å². The Morgan fingerprint density at radius 3 is 2.14 bits per heavy atom. The van der Waals surface area contributed by atoms with Crippen LogP contribution in [-0.2, 0) is 11.3 Å². The minimum atomic E-state index is -0.119. The van der Waals surface area contributed by atoms with Crippen LogP contribution in [0.1, 0.15) is 69.8 Å². The molecule has 2 aromatic carbocycles. The maximum Gasteiger partial charge on any atom is 0.238 e. The van der Waals surface area contributed by atoms with Gasteiger partial charge in [0, 0.05) is 12.3 Å². The molecule has 2 aromatic rings. The summed E-state index contributed by atoms with van der Waals surface area (Å²) in [5.74, 6) is 5.37. The fourth-order valence-corrected chi connectivity index (χ4v) is 6.55. The summed E-state index contributed by atoms with van der Waals surface area (Å²) in [4.78, 5) is 13.2. The second-order valence-electron chi connectivity index (χ2n) is 10.3. The maximum atomic E-state index is 13.2. The Morgan fingerprint density at radius 1 is 0.829 bits per heavy atom. The van der Waals surface area contributed by atoms with Gasteiger partial charge in [0.25, 0.3) is 0 Å². The lowest BCUT2D eigenvalue weighted by atomic mass is 9.89. The number of amides is 1. The van der Waals surface area contributed by atoms with Gasteiger partial charge in [-0.05, 0) is 79.6 Å². The Labute approximate surface area is 216 Å². The lowest BCUT2D eigenvalue weighted by molar-refractivity contribution is -0.122. The van der Waals surface area contributed by atoms with Gasteiger partial charge in [-0.15, -0.1) is 0 Å². The van der Waals surface area contributed by atoms with Crippen molar-refractivity contribution in [1.82, 2.24) is 10.6 Å². The van der Waals surface area contributed by atoms with Crippen LogP contribution in [0.2, 0.25) is 0 Å². The van der Waals surface area contributed by atoms with Crippen molar-refractivity contribution in [2.45, 2.75) is 76.8 Å². The largest absolute Gasteiger partial charge is 0.457 e. The van der Waals surface area contributed by atoms with Crippen LogP contribution in [-0.4, -0.2) is 30.0 Å². The van der Waals surface area contributed by atoms with Crippen LogP contribution in [0.4, 0.5) is 0 Å². The van der Waals surface area contributed by atoms with Crippen LogP contribution >= 0.6 is 11.8 Å². The van der Waals surface area contributed by atoms with Gasteiger partial charge in [0.1, 0.15) is 11.5 Å². The molecule has 190 valence electrons. The van der Waals surface area contributed by atoms with Gasteiger partial charge in [-0.3, -0.25) is 4.79 Å². The van der Waals surface area contributed by atoms with E-state index in [9.17, 15) is 4.79 Å². The lowest BCUT2D eigenvalue weighted by Crippen LogP contribution is -2.47. The number of thioether (sulfide) groups is 1. The zero-order chi connectivity index (χ0) is 24.1. The molecule has 0 heterocycles. The number of para-hydroxylation sites is 1. The second kappa shape index (κ2) is 14.5. The fourth-order valence-electron chi connectivity index (χ4n) is 5.25. The number of hydrogen-bond donors (Lipinski definition) is 2. The molecule has 0 spiro atoms. The molecule has 2 N–H and O–H groups in total. The van der Waals surface area contributed by atoms with E-state index in [4.69, 9.17) is 4.74 Å². The molecule has 0 aromatic heterocycles. The monoisotopic (exact) mass is 494 g/mol. The molecular formula is C30H42N2O2S. The zero-order valence-corrected chi connectivity index (χ0v) is 21.9. The highest BCUT2D eigenvalue weighted by Gasteiger charge is 2.22. The van der Waals surface area contributed by atoms with Crippen LogP contribution in [0.25, 0.3) is 0 Å². The predicted molar refractivity (Wildman–Crippen MR) is 147 cm³/mol. The minimum Gasteiger partial charge on any atom is -0.457 e. The van der Waals surface area contributed by atoms with Crippen molar-refractivity contribution in [3.05, 3.63) is 60.2 Å². The number of nitrogens with one attached hydrogen (secondary N) is 2. The summed E-state index contributed by atoms with van der Waals surface area (Å²) in [6, 6.07) is 17.7. The van der Waals surface area contributed by atoms with Crippen molar-refractivity contribution in [2.24, 2.45) is 11.8 Å². The predicted octanol–water partition coefficient (Wildman–Crippen LogP) is 6.95. The fraction of sp³-hybridized carbons (Fsp3) is 0.567. The van der Waals surface area contributed by atoms with E-state index >= 15 is 0 Å². The summed E-state index contributed by atoms with van der Waals surface area (Å²) in [5, 5.41) is 6.84. The highest BCUT2D eigenvalue weighted by Crippen LogP contribution is 2.27. The molecule has 2 aliphatic rings. The van der Waals surface area contributed by atoms with Crippen LogP contribution in [0.3, 0.4) is 0 Å². The Morgan fingerprint density at radius 2 is 1.46 bits per heavy atom. The number of benzene rings is 2. The Bertz CT molecular complexity index is 862. The standard InChI is InChI=1S/C30H42N2O2S/c33-30(32-21-25-16-18-28(19-17-25)34-27-14-8-3-9-15-27)29(31-20-24-10-4-1-5-11-24)23-35-22-26-12-6-2-7-13-26/h3,8-9,14-19,24,26,29,31H,1-2,4-7,10-13,20-23H2,(H,32,33)/t29-/m0/s1. The van der Waals surface area contributed by atoms with Crippen LogP contribution in [0.15, 0.2) is 54.6 Å². The molecule has 2 fully saturated rings. The first-order chi connectivity index (χ1) is 17.3. The third-order valence-corrected chi connectivity index (χ3v) is 8.70. The molecule has 0 saturated heterocycles. The van der Waals surface area contributed by atoms with Gasteiger partial charge < -0.3 is 15.4 Å². The number of carbonyl (C=O) groups is 1. The normalized spacial score (nSPS) is 18.2. The smallest absolute Gasteiger partial charge is 0.238 e. The molecular weight excluding hydrogens is 452 g/mol. The summed E-state index contributed by atoms with van der Waals surface area (Å²) >= 11 is 1.97. The maximum absolute atomic E-state index is 13.2. The molecule has 35 heavy (non-hydrogen) atoms. The van der Waals surface area contributed by atoms with Gasteiger partial charge in [-0.1, -0.05) is 68.9 Å². The Balaban J connectivity index is 1.25. The molecule has 2 saturated carbocycles. The molecule has 0 aliphatic heterocycles. The van der Waals surface area contributed by atoms with E-state index in [-0.39, 0.29) is 11.9 Å². The summed E-state index contributed by atoms with van der Waals surface area (Å²) in [7, 11) is 0. The Kier molecular flexibility index (Phi) is 10.8. The average molecular weight is 495 g/mol. The average Bonchev–Trinajstić information content (AvgIpc) is 2.92. The van der Waals surface area contributed by atoms with Crippen molar-refractivity contribution in [2.75, 3.05) is 18.1 Å².